The van der Waals surface area contributed by atoms with Crippen LogP contribution in [-0.4, -0.2) is 12.6 Å². The lowest BCUT2D eigenvalue weighted by atomic mass is 10.1. The molecule has 0 aliphatic heterocycles. The van der Waals surface area contributed by atoms with E-state index in [9.17, 15) is 8.78 Å². The molecule has 0 spiro atoms. The van der Waals surface area contributed by atoms with Crippen LogP contribution in [0.4, 0.5) is 8.78 Å². The molecule has 0 unspecified atom stereocenters. The van der Waals surface area contributed by atoms with Gasteiger partial charge in [0.15, 0.2) is 11.6 Å². The first-order valence-corrected chi connectivity index (χ1v) is 5.11. The fourth-order valence-electron chi connectivity index (χ4n) is 1.25. The van der Waals surface area contributed by atoms with E-state index in [4.69, 9.17) is 4.74 Å². The van der Waals surface area contributed by atoms with Crippen molar-refractivity contribution in [1.29, 1.82) is 0 Å². The average Bonchev–Trinajstić information content (AvgIpc) is 2.16. The van der Waals surface area contributed by atoms with E-state index in [0.717, 1.165) is 0 Å². The smallest absolute Gasteiger partial charge is 0.172 e. The summed E-state index contributed by atoms with van der Waals surface area (Å²) in [6.07, 6.45) is 0. The molecule has 0 fully saturated rings. The van der Waals surface area contributed by atoms with Crippen LogP contribution in [0.15, 0.2) is 12.1 Å². The number of hydrogen-bond donors (Lipinski definition) is 1. The number of hydrogen-bond acceptors (Lipinski definition) is 2. The molecule has 0 saturated carbocycles. The fourth-order valence-corrected chi connectivity index (χ4v) is 1.25. The predicted molar refractivity (Wildman–Crippen MR) is 59.5 cm³/mol. The highest BCUT2D eigenvalue weighted by Gasteiger charge is 2.16. The van der Waals surface area contributed by atoms with Gasteiger partial charge in [-0.25, -0.2) is 8.78 Å². The van der Waals surface area contributed by atoms with Gasteiger partial charge in [-0.2, -0.15) is 0 Å². The minimum absolute atomic E-state index is 0.00859. The molecule has 0 atom stereocenters. The number of methoxy groups -OCH3 is 1. The maximum absolute atomic E-state index is 13.7. The predicted octanol–water partition coefficient (Wildman–Crippen LogP) is 2.86. The largest absolute Gasteiger partial charge is 0.494 e. The molecular formula is C12H17F2NO. The van der Waals surface area contributed by atoms with Crippen LogP contribution < -0.4 is 10.1 Å². The van der Waals surface area contributed by atoms with Gasteiger partial charge in [-0.3, -0.25) is 0 Å². The van der Waals surface area contributed by atoms with Crippen LogP contribution >= 0.6 is 0 Å². The summed E-state index contributed by atoms with van der Waals surface area (Å²) in [6, 6.07) is 2.49. The highest BCUT2D eigenvalue weighted by Crippen LogP contribution is 2.23. The first-order valence-electron chi connectivity index (χ1n) is 5.11. The van der Waals surface area contributed by atoms with E-state index in [-0.39, 0.29) is 23.4 Å². The molecule has 0 aliphatic carbocycles. The third kappa shape index (κ3) is 3.17. The maximum Gasteiger partial charge on any atom is 0.172 e. The molecule has 0 saturated heterocycles. The van der Waals surface area contributed by atoms with Crippen molar-refractivity contribution in [3.05, 3.63) is 29.3 Å². The summed E-state index contributed by atoms with van der Waals surface area (Å²) >= 11 is 0. The van der Waals surface area contributed by atoms with Gasteiger partial charge < -0.3 is 10.1 Å². The summed E-state index contributed by atoms with van der Waals surface area (Å²) < 4.78 is 31.9. The molecule has 0 aliphatic rings. The molecule has 1 N–H and O–H groups in total. The maximum atomic E-state index is 13.7. The molecule has 0 bridgehead atoms. The van der Waals surface area contributed by atoms with Crippen LogP contribution in [0.2, 0.25) is 0 Å². The summed E-state index contributed by atoms with van der Waals surface area (Å²) in [5, 5.41) is 3.04. The van der Waals surface area contributed by atoms with Crippen molar-refractivity contribution in [3.8, 4) is 5.75 Å². The van der Waals surface area contributed by atoms with Gasteiger partial charge >= 0.3 is 0 Å². The van der Waals surface area contributed by atoms with Crippen molar-refractivity contribution in [2.45, 2.75) is 32.9 Å². The summed E-state index contributed by atoms with van der Waals surface area (Å²) in [7, 11) is 1.36. The third-order valence-electron chi connectivity index (χ3n) is 2.17. The topological polar surface area (TPSA) is 21.3 Å². The normalized spacial score (nSPS) is 11.6. The number of nitrogens with one attached hydrogen (secondary N) is 1. The van der Waals surface area contributed by atoms with Crippen molar-refractivity contribution in [2.75, 3.05) is 7.11 Å². The minimum atomic E-state index is -0.640. The molecule has 90 valence electrons. The monoisotopic (exact) mass is 229 g/mol. The Hall–Kier alpha value is -1.16. The third-order valence-corrected chi connectivity index (χ3v) is 2.17. The number of ether oxygens (including phenoxy) is 1. The van der Waals surface area contributed by atoms with Crippen molar-refractivity contribution in [1.82, 2.24) is 5.32 Å². The second kappa shape index (κ2) is 4.78. The SMILES string of the molecule is COc1ccc(F)c(CNC(C)(C)C)c1F. The lowest BCUT2D eigenvalue weighted by molar-refractivity contribution is 0.371. The van der Waals surface area contributed by atoms with E-state index < -0.39 is 11.6 Å². The van der Waals surface area contributed by atoms with Crippen LogP contribution in [0.1, 0.15) is 26.3 Å². The zero-order chi connectivity index (χ0) is 12.3. The fraction of sp³-hybridized carbons (Fsp3) is 0.500. The van der Waals surface area contributed by atoms with E-state index in [1.807, 2.05) is 20.8 Å². The van der Waals surface area contributed by atoms with Gasteiger partial charge in [0, 0.05) is 17.6 Å². The van der Waals surface area contributed by atoms with Crippen molar-refractivity contribution in [2.24, 2.45) is 0 Å². The Morgan fingerprint density at radius 3 is 2.38 bits per heavy atom. The summed E-state index contributed by atoms with van der Waals surface area (Å²) in [5.74, 6) is -1.14. The molecule has 0 heterocycles. The zero-order valence-corrected chi connectivity index (χ0v) is 10.0. The highest BCUT2D eigenvalue weighted by atomic mass is 19.1. The van der Waals surface area contributed by atoms with Gasteiger partial charge in [-0.15, -0.1) is 0 Å². The highest BCUT2D eigenvalue weighted by molar-refractivity contribution is 5.32. The molecule has 2 nitrogen and oxygen atoms in total. The lowest BCUT2D eigenvalue weighted by Crippen LogP contribution is -2.35. The van der Waals surface area contributed by atoms with Gasteiger partial charge in [0.2, 0.25) is 0 Å². The van der Waals surface area contributed by atoms with Crippen molar-refractivity contribution < 1.29 is 13.5 Å². The summed E-state index contributed by atoms with van der Waals surface area (Å²) in [4.78, 5) is 0. The van der Waals surface area contributed by atoms with E-state index in [2.05, 4.69) is 5.32 Å². The standard InChI is InChI=1S/C12H17F2NO/c1-12(2,3)15-7-8-9(13)5-6-10(16-4)11(8)14/h5-6,15H,7H2,1-4H3. The Morgan fingerprint density at radius 2 is 1.88 bits per heavy atom. The summed E-state index contributed by atoms with van der Waals surface area (Å²) in [6.45, 7) is 5.94. The quantitative estimate of drug-likeness (QED) is 0.860. The van der Waals surface area contributed by atoms with Gasteiger partial charge in [0.25, 0.3) is 0 Å². The lowest BCUT2D eigenvalue weighted by Gasteiger charge is -2.21. The van der Waals surface area contributed by atoms with Crippen molar-refractivity contribution >= 4 is 0 Å². The summed E-state index contributed by atoms with van der Waals surface area (Å²) in [5.41, 5.74) is -0.184. The Morgan fingerprint density at radius 1 is 1.25 bits per heavy atom. The van der Waals surface area contributed by atoms with E-state index in [0.29, 0.717) is 0 Å². The molecule has 4 heteroatoms. The molecular weight excluding hydrogens is 212 g/mol. The Balaban J connectivity index is 2.94. The van der Waals surface area contributed by atoms with Crippen LogP contribution in [0, 0.1) is 11.6 Å². The molecule has 16 heavy (non-hydrogen) atoms. The van der Waals surface area contributed by atoms with Gasteiger partial charge in [0.1, 0.15) is 5.82 Å². The molecule has 1 aromatic rings. The zero-order valence-electron chi connectivity index (χ0n) is 10.0. The van der Waals surface area contributed by atoms with Crippen molar-refractivity contribution in [3.63, 3.8) is 0 Å². The van der Waals surface area contributed by atoms with E-state index in [1.165, 1.54) is 19.2 Å². The second-order valence-corrected chi connectivity index (χ2v) is 4.65. The molecule has 1 aromatic carbocycles. The van der Waals surface area contributed by atoms with E-state index in [1.54, 1.807) is 0 Å². The molecule has 0 radical (unpaired) electrons. The number of benzene rings is 1. The van der Waals surface area contributed by atoms with Crippen LogP contribution in [0.5, 0.6) is 5.75 Å². The van der Waals surface area contributed by atoms with E-state index >= 15 is 0 Å². The molecule has 0 aromatic heterocycles. The Kier molecular flexibility index (Phi) is 3.86. The first kappa shape index (κ1) is 12.9. The average molecular weight is 229 g/mol. The minimum Gasteiger partial charge on any atom is -0.494 e. The van der Waals surface area contributed by atoms with Crippen LogP contribution in [-0.2, 0) is 6.54 Å². The molecule has 1 rings (SSSR count). The number of rotatable bonds is 3. The van der Waals surface area contributed by atoms with Gasteiger partial charge in [-0.05, 0) is 32.9 Å². The first-order chi connectivity index (χ1) is 7.35. The Labute approximate surface area is 94.6 Å². The number of halogens is 2. The van der Waals surface area contributed by atoms with Gasteiger partial charge in [0.05, 0.1) is 7.11 Å². The van der Waals surface area contributed by atoms with Crippen LogP contribution in [0.25, 0.3) is 0 Å². The molecule has 0 amide bonds. The second-order valence-electron chi connectivity index (χ2n) is 4.65. The Bertz CT molecular complexity index is 372. The van der Waals surface area contributed by atoms with Gasteiger partial charge in [-0.1, -0.05) is 0 Å². The van der Waals surface area contributed by atoms with Crippen LogP contribution in [0.3, 0.4) is 0 Å².